The average molecular weight is 222 g/mol. The molecule has 86 valence electrons. The molecule has 0 aliphatic heterocycles. The van der Waals surface area contributed by atoms with Crippen molar-refractivity contribution in [2.24, 2.45) is 5.41 Å². The van der Waals surface area contributed by atoms with Gasteiger partial charge in [-0.15, -0.1) is 0 Å². The van der Waals surface area contributed by atoms with Crippen molar-refractivity contribution < 1.29 is 19.8 Å². The van der Waals surface area contributed by atoms with Gasteiger partial charge in [0.2, 0.25) is 0 Å². The van der Waals surface area contributed by atoms with E-state index in [2.05, 4.69) is 0 Å². The summed E-state index contributed by atoms with van der Waals surface area (Å²) in [4.78, 5) is 20.7. The molecule has 0 amide bonds. The first-order valence-corrected chi connectivity index (χ1v) is 5.06. The SMILES string of the molecule is O=C(O)C1(C(=O)O)CCC1.c1ccccc1. The highest BCUT2D eigenvalue weighted by atomic mass is 16.4. The van der Waals surface area contributed by atoms with Gasteiger partial charge in [-0.05, 0) is 19.3 Å². The summed E-state index contributed by atoms with van der Waals surface area (Å²) in [6.07, 6.45) is 1.26. The summed E-state index contributed by atoms with van der Waals surface area (Å²) in [6.45, 7) is 0. The molecule has 0 saturated heterocycles. The van der Waals surface area contributed by atoms with Crippen molar-refractivity contribution in [3.05, 3.63) is 36.4 Å². The largest absolute Gasteiger partial charge is 0.480 e. The van der Waals surface area contributed by atoms with Crippen LogP contribution in [0.2, 0.25) is 0 Å². The highest BCUT2D eigenvalue weighted by Gasteiger charge is 2.51. The lowest BCUT2D eigenvalue weighted by Crippen LogP contribution is -2.44. The Morgan fingerprint density at radius 2 is 1.12 bits per heavy atom. The van der Waals surface area contributed by atoms with Crippen LogP contribution < -0.4 is 0 Å². The zero-order valence-electron chi connectivity index (χ0n) is 8.80. The molecular weight excluding hydrogens is 208 g/mol. The molecule has 1 aromatic carbocycles. The number of rotatable bonds is 2. The maximum absolute atomic E-state index is 10.4. The van der Waals surface area contributed by atoms with Crippen LogP contribution in [0, 0.1) is 5.41 Å². The molecule has 1 fully saturated rings. The van der Waals surface area contributed by atoms with Gasteiger partial charge in [0.15, 0.2) is 5.41 Å². The molecule has 4 nitrogen and oxygen atoms in total. The minimum absolute atomic E-state index is 0.275. The summed E-state index contributed by atoms with van der Waals surface area (Å²) in [5.41, 5.74) is -1.44. The van der Waals surface area contributed by atoms with Gasteiger partial charge in [-0.25, -0.2) is 0 Å². The average Bonchev–Trinajstić information content (AvgIpc) is 2.18. The van der Waals surface area contributed by atoms with E-state index >= 15 is 0 Å². The van der Waals surface area contributed by atoms with Crippen LogP contribution in [-0.2, 0) is 9.59 Å². The van der Waals surface area contributed by atoms with Crippen LogP contribution >= 0.6 is 0 Å². The number of carboxylic acid groups (broad SMARTS) is 2. The maximum Gasteiger partial charge on any atom is 0.321 e. The van der Waals surface area contributed by atoms with Gasteiger partial charge < -0.3 is 10.2 Å². The van der Waals surface area contributed by atoms with Gasteiger partial charge in [0, 0.05) is 0 Å². The second-order valence-corrected chi connectivity index (χ2v) is 3.70. The molecule has 0 atom stereocenters. The molecule has 1 aromatic rings. The molecule has 4 heteroatoms. The van der Waals surface area contributed by atoms with Crippen molar-refractivity contribution in [3.8, 4) is 0 Å². The normalized spacial score (nSPS) is 16.2. The fraction of sp³-hybridized carbons (Fsp3) is 0.333. The Morgan fingerprint density at radius 3 is 1.19 bits per heavy atom. The number of benzene rings is 1. The maximum atomic E-state index is 10.4. The predicted molar refractivity (Wildman–Crippen MR) is 58.0 cm³/mol. The van der Waals surface area contributed by atoms with Crippen LogP contribution in [0.4, 0.5) is 0 Å². The van der Waals surface area contributed by atoms with Crippen LogP contribution in [0.3, 0.4) is 0 Å². The van der Waals surface area contributed by atoms with Crippen molar-refractivity contribution in [1.29, 1.82) is 0 Å². The number of aliphatic carboxylic acids is 2. The molecule has 0 heterocycles. The lowest BCUT2D eigenvalue weighted by molar-refractivity contribution is -0.171. The minimum atomic E-state index is -1.44. The van der Waals surface area contributed by atoms with E-state index in [1.165, 1.54) is 0 Å². The molecule has 1 aliphatic carbocycles. The fourth-order valence-corrected chi connectivity index (χ4v) is 1.43. The molecule has 1 aliphatic rings. The summed E-state index contributed by atoms with van der Waals surface area (Å²) in [5.74, 6) is -2.41. The van der Waals surface area contributed by atoms with Crippen molar-refractivity contribution in [3.63, 3.8) is 0 Å². The zero-order chi connectivity index (χ0) is 12.0. The third-order valence-corrected chi connectivity index (χ3v) is 2.69. The van der Waals surface area contributed by atoms with Crippen molar-refractivity contribution in [2.45, 2.75) is 19.3 Å². The Balaban J connectivity index is 0.000000181. The summed E-state index contributed by atoms with van der Waals surface area (Å²) in [7, 11) is 0. The van der Waals surface area contributed by atoms with Crippen molar-refractivity contribution in [1.82, 2.24) is 0 Å². The first-order valence-electron chi connectivity index (χ1n) is 5.06. The molecule has 0 spiro atoms. The van der Waals surface area contributed by atoms with E-state index in [1.54, 1.807) is 0 Å². The molecular formula is C12H14O4. The molecule has 0 unspecified atom stereocenters. The van der Waals surface area contributed by atoms with Crippen LogP contribution in [0.15, 0.2) is 36.4 Å². The lowest BCUT2D eigenvalue weighted by Gasteiger charge is -2.32. The monoisotopic (exact) mass is 222 g/mol. The van der Waals surface area contributed by atoms with Gasteiger partial charge in [0.25, 0.3) is 0 Å². The smallest absolute Gasteiger partial charge is 0.321 e. The number of carbonyl (C=O) groups is 2. The van der Waals surface area contributed by atoms with Gasteiger partial charge in [0.05, 0.1) is 0 Å². The highest BCUT2D eigenvalue weighted by molar-refractivity contribution is 5.99. The molecule has 0 aromatic heterocycles. The topological polar surface area (TPSA) is 74.6 Å². The Labute approximate surface area is 93.5 Å². The van der Waals surface area contributed by atoms with Crippen LogP contribution in [0.5, 0.6) is 0 Å². The van der Waals surface area contributed by atoms with Gasteiger partial charge in [-0.3, -0.25) is 9.59 Å². The molecule has 16 heavy (non-hydrogen) atoms. The quantitative estimate of drug-likeness (QED) is 0.750. The minimum Gasteiger partial charge on any atom is -0.480 e. The molecule has 2 N–H and O–H groups in total. The standard InChI is InChI=1S/C6H8O4.C6H6/c7-4(8)6(5(9)10)2-1-3-6;1-2-4-6-5-3-1/h1-3H2,(H,7,8)(H,9,10);1-6H. The summed E-state index contributed by atoms with van der Waals surface area (Å²) < 4.78 is 0. The highest BCUT2D eigenvalue weighted by Crippen LogP contribution is 2.41. The Kier molecular flexibility index (Phi) is 4.05. The van der Waals surface area contributed by atoms with Gasteiger partial charge >= 0.3 is 11.9 Å². The Bertz CT molecular complexity index is 312. The van der Waals surface area contributed by atoms with E-state index in [1.807, 2.05) is 36.4 Å². The summed E-state index contributed by atoms with van der Waals surface area (Å²) in [5, 5.41) is 16.9. The Morgan fingerprint density at radius 1 is 0.812 bits per heavy atom. The molecule has 1 saturated carbocycles. The number of carboxylic acids is 2. The Hall–Kier alpha value is -1.84. The third kappa shape index (κ3) is 2.59. The van der Waals surface area contributed by atoms with E-state index < -0.39 is 17.4 Å². The van der Waals surface area contributed by atoms with E-state index in [0.717, 1.165) is 0 Å². The predicted octanol–water partition coefficient (Wildman–Crippen LogP) is 2.01. The second-order valence-electron chi connectivity index (χ2n) is 3.70. The van der Waals surface area contributed by atoms with E-state index in [0.29, 0.717) is 6.42 Å². The van der Waals surface area contributed by atoms with Crippen molar-refractivity contribution >= 4 is 11.9 Å². The van der Waals surface area contributed by atoms with Crippen molar-refractivity contribution in [2.75, 3.05) is 0 Å². The van der Waals surface area contributed by atoms with E-state index in [-0.39, 0.29) is 12.8 Å². The first-order chi connectivity index (χ1) is 7.59. The van der Waals surface area contributed by atoms with Gasteiger partial charge in [-0.2, -0.15) is 0 Å². The summed E-state index contributed by atoms with van der Waals surface area (Å²) >= 11 is 0. The van der Waals surface area contributed by atoms with E-state index in [9.17, 15) is 9.59 Å². The van der Waals surface area contributed by atoms with Crippen LogP contribution in [0.25, 0.3) is 0 Å². The number of hydrogen-bond acceptors (Lipinski definition) is 2. The fourth-order valence-electron chi connectivity index (χ4n) is 1.43. The molecule has 2 rings (SSSR count). The van der Waals surface area contributed by atoms with Gasteiger partial charge in [0.1, 0.15) is 0 Å². The van der Waals surface area contributed by atoms with Gasteiger partial charge in [-0.1, -0.05) is 36.4 Å². The van der Waals surface area contributed by atoms with Crippen LogP contribution in [-0.4, -0.2) is 22.2 Å². The molecule has 0 bridgehead atoms. The second kappa shape index (κ2) is 5.30. The van der Waals surface area contributed by atoms with E-state index in [4.69, 9.17) is 10.2 Å². The number of hydrogen-bond donors (Lipinski definition) is 2. The lowest BCUT2D eigenvalue weighted by atomic mass is 9.69. The zero-order valence-corrected chi connectivity index (χ0v) is 8.80. The molecule has 0 radical (unpaired) electrons. The third-order valence-electron chi connectivity index (χ3n) is 2.69. The first kappa shape index (κ1) is 12.2. The van der Waals surface area contributed by atoms with Crippen LogP contribution in [0.1, 0.15) is 19.3 Å². The summed E-state index contributed by atoms with van der Waals surface area (Å²) in [6, 6.07) is 12.0.